The number of hydrogen-bond acceptors (Lipinski definition) is 1. The molecule has 0 unspecified atom stereocenters. The summed E-state index contributed by atoms with van der Waals surface area (Å²) in [6.07, 6.45) is 1.80. The van der Waals surface area contributed by atoms with Gasteiger partial charge in [-0.3, -0.25) is 4.99 Å². The van der Waals surface area contributed by atoms with Crippen molar-refractivity contribution < 1.29 is 0 Å². The lowest BCUT2D eigenvalue weighted by Gasteiger charge is -2.23. The van der Waals surface area contributed by atoms with E-state index in [1.807, 2.05) is 0 Å². The third-order valence-electron chi connectivity index (χ3n) is 1.13. The maximum atomic E-state index is 4.06. The predicted molar refractivity (Wildman–Crippen MR) is 69.9 cm³/mol. The van der Waals surface area contributed by atoms with E-state index in [4.69, 9.17) is 0 Å². The second-order valence-corrected chi connectivity index (χ2v) is 3.62. The molecule has 0 aliphatic carbocycles. The van der Waals surface area contributed by atoms with Crippen molar-refractivity contribution in [2.45, 2.75) is 26.3 Å². The van der Waals surface area contributed by atoms with E-state index in [0.29, 0.717) is 0 Å². The number of rotatable bonds is 2. The fourth-order valence-corrected chi connectivity index (χ4v) is 0.703. The summed E-state index contributed by atoms with van der Waals surface area (Å²) in [4.78, 5) is 4.06. The summed E-state index contributed by atoms with van der Waals surface area (Å²) in [6, 6.07) is 0. The highest BCUT2D eigenvalue weighted by molar-refractivity contribution is 14.0. The second-order valence-electron chi connectivity index (χ2n) is 3.62. The summed E-state index contributed by atoms with van der Waals surface area (Å²) in [5.74, 6) is 0.808. The zero-order chi connectivity index (χ0) is 9.61. The molecule has 2 N–H and O–H groups in total. The minimum absolute atomic E-state index is 0. The Balaban J connectivity index is 0. The number of halogens is 1. The third kappa shape index (κ3) is 9.66. The molecule has 0 bridgehead atoms. The topological polar surface area (TPSA) is 36.4 Å². The molecule has 0 aromatic heterocycles. The van der Waals surface area contributed by atoms with Crippen LogP contribution in [-0.4, -0.2) is 25.1 Å². The molecule has 0 saturated heterocycles. The van der Waals surface area contributed by atoms with Crippen molar-refractivity contribution in [1.82, 2.24) is 10.6 Å². The normalized spacial score (nSPS) is 11.5. The molecular weight excluding hydrogens is 277 g/mol. The van der Waals surface area contributed by atoms with Gasteiger partial charge in [-0.15, -0.1) is 30.6 Å². The van der Waals surface area contributed by atoms with E-state index in [0.717, 1.165) is 12.5 Å². The van der Waals surface area contributed by atoms with E-state index in [-0.39, 0.29) is 29.5 Å². The number of guanidine groups is 1. The van der Waals surface area contributed by atoms with Crippen molar-refractivity contribution in [1.29, 1.82) is 0 Å². The van der Waals surface area contributed by atoms with Gasteiger partial charge in [0.1, 0.15) is 0 Å². The Kier molecular flexibility index (Phi) is 8.40. The lowest BCUT2D eigenvalue weighted by Crippen LogP contribution is -2.47. The number of nitrogens with one attached hydrogen (secondary N) is 2. The van der Waals surface area contributed by atoms with E-state index in [9.17, 15) is 0 Å². The van der Waals surface area contributed by atoms with Gasteiger partial charge in [0, 0.05) is 19.1 Å². The van der Waals surface area contributed by atoms with Gasteiger partial charge < -0.3 is 10.6 Å². The van der Waals surface area contributed by atoms with Crippen LogP contribution in [0.3, 0.4) is 0 Å². The fraction of sp³-hybridized carbons (Fsp3) is 0.667. The molecule has 3 nitrogen and oxygen atoms in total. The zero-order valence-electron chi connectivity index (χ0n) is 8.85. The van der Waals surface area contributed by atoms with Crippen LogP contribution in [0.2, 0.25) is 0 Å². The van der Waals surface area contributed by atoms with Gasteiger partial charge in [-0.25, -0.2) is 0 Å². The molecule has 0 spiro atoms. The van der Waals surface area contributed by atoms with E-state index in [2.05, 4.69) is 43.0 Å². The van der Waals surface area contributed by atoms with Crippen LogP contribution >= 0.6 is 24.0 Å². The van der Waals surface area contributed by atoms with Crippen LogP contribution in [0.25, 0.3) is 0 Å². The van der Waals surface area contributed by atoms with E-state index < -0.39 is 0 Å². The highest BCUT2D eigenvalue weighted by Crippen LogP contribution is 1.97. The smallest absolute Gasteiger partial charge is 0.191 e. The molecule has 0 aromatic carbocycles. The third-order valence-corrected chi connectivity index (χ3v) is 1.13. The Labute approximate surface area is 98.1 Å². The van der Waals surface area contributed by atoms with Gasteiger partial charge in [0.25, 0.3) is 0 Å². The Morgan fingerprint density at radius 2 is 2.00 bits per heavy atom. The van der Waals surface area contributed by atoms with Crippen molar-refractivity contribution >= 4 is 29.9 Å². The average molecular weight is 297 g/mol. The number of aliphatic imine (C=N–C) groups is 1. The molecule has 0 aliphatic rings. The lowest BCUT2D eigenvalue weighted by molar-refractivity contribution is 0.503. The van der Waals surface area contributed by atoms with Crippen LogP contribution in [0.5, 0.6) is 0 Å². The average Bonchev–Trinajstić information content (AvgIpc) is 1.95. The van der Waals surface area contributed by atoms with E-state index in [1.54, 1.807) is 13.1 Å². The largest absolute Gasteiger partial charge is 0.353 e. The molecule has 0 aliphatic heterocycles. The molecule has 13 heavy (non-hydrogen) atoms. The molecule has 0 rings (SSSR count). The summed E-state index contributed by atoms with van der Waals surface area (Å²) >= 11 is 0. The van der Waals surface area contributed by atoms with Crippen LogP contribution in [-0.2, 0) is 0 Å². The van der Waals surface area contributed by atoms with Crippen LogP contribution < -0.4 is 10.6 Å². The minimum Gasteiger partial charge on any atom is -0.353 e. The quantitative estimate of drug-likeness (QED) is 0.353. The zero-order valence-corrected chi connectivity index (χ0v) is 11.2. The first-order valence-electron chi connectivity index (χ1n) is 4.09. The summed E-state index contributed by atoms with van der Waals surface area (Å²) < 4.78 is 0. The van der Waals surface area contributed by atoms with Gasteiger partial charge in [0.05, 0.1) is 0 Å². The summed E-state index contributed by atoms with van der Waals surface area (Å²) in [5.41, 5.74) is 0.0447. The van der Waals surface area contributed by atoms with Gasteiger partial charge in [0.2, 0.25) is 0 Å². The first kappa shape index (κ1) is 15.2. The van der Waals surface area contributed by atoms with Gasteiger partial charge in [0.15, 0.2) is 5.96 Å². The molecule has 0 heterocycles. The van der Waals surface area contributed by atoms with Crippen molar-refractivity contribution in [3.05, 3.63) is 12.7 Å². The molecule has 4 heteroatoms. The summed E-state index contributed by atoms with van der Waals surface area (Å²) in [5, 5.41) is 6.33. The standard InChI is InChI=1S/C9H19N3.HI/c1-6-7-11-8(10-5)12-9(2,3)4;/h6H,1,7H2,2-5H3,(H2,10,11,12);1H. The first-order valence-corrected chi connectivity index (χ1v) is 4.09. The maximum absolute atomic E-state index is 4.06. The Hall–Kier alpha value is -0.260. The second kappa shape index (κ2) is 7.17. The first-order chi connectivity index (χ1) is 5.49. The molecule has 78 valence electrons. The van der Waals surface area contributed by atoms with Crippen LogP contribution in [0.4, 0.5) is 0 Å². The highest BCUT2D eigenvalue weighted by Gasteiger charge is 2.10. The Bertz CT molecular complexity index is 170. The molecule has 0 fully saturated rings. The molecular formula is C9H20IN3. The SMILES string of the molecule is C=CCNC(=NC)NC(C)(C)C.I. The Morgan fingerprint density at radius 3 is 2.31 bits per heavy atom. The fourth-order valence-electron chi connectivity index (χ4n) is 0.703. The molecule has 0 radical (unpaired) electrons. The minimum atomic E-state index is 0. The lowest BCUT2D eigenvalue weighted by atomic mass is 10.1. The van der Waals surface area contributed by atoms with Gasteiger partial charge in [-0.1, -0.05) is 6.08 Å². The number of hydrogen-bond donors (Lipinski definition) is 2. The van der Waals surface area contributed by atoms with Crippen molar-refractivity contribution in [2.24, 2.45) is 4.99 Å². The predicted octanol–water partition coefficient (Wildman–Crippen LogP) is 1.75. The maximum Gasteiger partial charge on any atom is 0.191 e. The van der Waals surface area contributed by atoms with Gasteiger partial charge in [-0.2, -0.15) is 0 Å². The number of nitrogens with zero attached hydrogens (tertiary/aromatic N) is 1. The summed E-state index contributed by atoms with van der Waals surface area (Å²) in [6.45, 7) is 10.6. The highest BCUT2D eigenvalue weighted by atomic mass is 127. The van der Waals surface area contributed by atoms with Crippen molar-refractivity contribution in [3.8, 4) is 0 Å². The van der Waals surface area contributed by atoms with Gasteiger partial charge >= 0.3 is 0 Å². The van der Waals surface area contributed by atoms with Crippen LogP contribution in [0, 0.1) is 0 Å². The monoisotopic (exact) mass is 297 g/mol. The van der Waals surface area contributed by atoms with Crippen molar-refractivity contribution in [2.75, 3.05) is 13.6 Å². The van der Waals surface area contributed by atoms with Gasteiger partial charge in [-0.05, 0) is 20.8 Å². The Morgan fingerprint density at radius 1 is 1.46 bits per heavy atom. The molecule has 0 saturated carbocycles. The molecule has 0 aromatic rings. The van der Waals surface area contributed by atoms with Crippen molar-refractivity contribution in [3.63, 3.8) is 0 Å². The summed E-state index contributed by atoms with van der Waals surface area (Å²) in [7, 11) is 1.75. The molecule has 0 atom stereocenters. The van der Waals surface area contributed by atoms with Crippen LogP contribution in [0.1, 0.15) is 20.8 Å². The van der Waals surface area contributed by atoms with E-state index >= 15 is 0 Å². The van der Waals surface area contributed by atoms with E-state index in [1.165, 1.54) is 0 Å². The molecule has 0 amide bonds. The van der Waals surface area contributed by atoms with Crippen LogP contribution in [0.15, 0.2) is 17.6 Å².